The van der Waals surface area contributed by atoms with Crippen LogP contribution in [0.1, 0.15) is 70.2 Å². The molecule has 3 nitrogen and oxygen atoms in total. The van der Waals surface area contributed by atoms with Gasteiger partial charge in [-0.25, -0.2) is 15.0 Å². The highest BCUT2D eigenvalue weighted by molar-refractivity contribution is 5.71. The second kappa shape index (κ2) is 9.15. The molecule has 4 saturated carbocycles. The molecule has 0 N–H and O–H groups in total. The van der Waals surface area contributed by atoms with Crippen LogP contribution in [0.4, 0.5) is 0 Å². The minimum absolute atomic E-state index is 0.177. The van der Waals surface area contributed by atoms with Crippen LogP contribution >= 0.6 is 0 Å². The molecule has 4 aliphatic rings. The van der Waals surface area contributed by atoms with Gasteiger partial charge in [0.1, 0.15) is 5.82 Å². The van der Waals surface area contributed by atoms with E-state index < -0.39 is 0 Å². The van der Waals surface area contributed by atoms with Crippen LogP contribution in [-0.2, 0) is 5.41 Å². The highest BCUT2D eigenvalue weighted by Gasteiger charge is 2.48. The van der Waals surface area contributed by atoms with Crippen LogP contribution in [0.25, 0.3) is 33.9 Å². The largest absolute Gasteiger partial charge is 0.212 e. The van der Waals surface area contributed by atoms with Crippen molar-refractivity contribution in [3.63, 3.8) is 0 Å². The lowest BCUT2D eigenvalue weighted by Gasteiger charge is -2.54. The Morgan fingerprint density at radius 3 is 1.76 bits per heavy atom. The molecule has 0 radical (unpaired) electrons. The van der Waals surface area contributed by atoms with Gasteiger partial charge in [0.25, 0.3) is 0 Å². The fourth-order valence-electron chi connectivity index (χ4n) is 7.76. The van der Waals surface area contributed by atoms with Gasteiger partial charge in [-0.2, -0.15) is 0 Å². The van der Waals surface area contributed by atoms with Crippen LogP contribution in [0, 0.1) is 23.7 Å². The van der Waals surface area contributed by atoms with Crippen LogP contribution in [0.2, 0.25) is 0 Å². The molecule has 4 bridgehead atoms. The zero-order valence-corrected chi connectivity index (χ0v) is 22.8. The predicted molar refractivity (Wildman–Crippen MR) is 155 cm³/mol. The Bertz CT molecular complexity index is 1420. The number of aromatic nitrogens is 3. The van der Waals surface area contributed by atoms with Crippen LogP contribution < -0.4 is 0 Å². The van der Waals surface area contributed by atoms with Crippen molar-refractivity contribution in [3.8, 4) is 33.9 Å². The maximum Gasteiger partial charge on any atom is 0.163 e. The third-order valence-corrected chi connectivity index (χ3v) is 9.31. The molecule has 0 spiro atoms. The number of hydrogen-bond acceptors (Lipinski definition) is 3. The van der Waals surface area contributed by atoms with Crippen molar-refractivity contribution in [2.24, 2.45) is 23.7 Å². The van der Waals surface area contributed by atoms with E-state index in [0.717, 1.165) is 58.2 Å². The minimum atomic E-state index is -0.177. The maximum atomic E-state index is 5.02. The highest BCUT2D eigenvalue weighted by Crippen LogP contribution is 2.59. The summed E-state index contributed by atoms with van der Waals surface area (Å²) in [6.45, 7) is 6.52. The van der Waals surface area contributed by atoms with E-state index in [9.17, 15) is 0 Å². The lowest BCUT2D eigenvalue weighted by Crippen LogP contribution is -2.43. The Kier molecular flexibility index (Phi) is 5.72. The number of nitrogens with zero attached hydrogens (tertiary/aromatic N) is 3. The number of hydrogen-bond donors (Lipinski definition) is 0. The summed E-state index contributed by atoms with van der Waals surface area (Å²) >= 11 is 0. The zero-order chi connectivity index (χ0) is 25.9. The Hall–Kier alpha value is -3.33. The molecule has 3 heteroatoms. The van der Waals surface area contributed by atoms with E-state index in [2.05, 4.69) is 99.6 Å². The van der Waals surface area contributed by atoms with Gasteiger partial charge in [-0.15, -0.1) is 0 Å². The molecule has 1 aromatic heterocycles. The van der Waals surface area contributed by atoms with E-state index in [1.165, 1.54) is 48.8 Å². The van der Waals surface area contributed by atoms with Gasteiger partial charge in [-0.1, -0.05) is 93.6 Å². The van der Waals surface area contributed by atoms with Crippen molar-refractivity contribution in [1.82, 2.24) is 15.0 Å². The first-order valence-electron chi connectivity index (χ1n) is 14.4. The van der Waals surface area contributed by atoms with E-state index in [1.54, 1.807) is 0 Å². The molecular formula is C35H37N3. The molecule has 3 aromatic carbocycles. The molecule has 0 atom stereocenters. The van der Waals surface area contributed by atoms with Crippen molar-refractivity contribution in [3.05, 3.63) is 90.3 Å². The molecule has 1 heterocycles. The van der Waals surface area contributed by atoms with Crippen molar-refractivity contribution >= 4 is 0 Å². The normalized spacial score (nSPS) is 26.0. The maximum absolute atomic E-state index is 5.02. The summed E-state index contributed by atoms with van der Waals surface area (Å²) in [5, 5.41) is 0. The molecular weight excluding hydrogens is 462 g/mol. The topological polar surface area (TPSA) is 38.7 Å². The predicted octanol–water partition coefficient (Wildman–Crippen LogP) is 8.71. The summed E-state index contributed by atoms with van der Waals surface area (Å²) in [5.41, 5.74) is 5.81. The molecule has 0 amide bonds. The van der Waals surface area contributed by atoms with Crippen molar-refractivity contribution < 1.29 is 0 Å². The second-order valence-electron chi connectivity index (χ2n) is 13.1. The van der Waals surface area contributed by atoms with Crippen LogP contribution in [0.15, 0.2) is 78.9 Å². The van der Waals surface area contributed by atoms with Gasteiger partial charge in [0.05, 0.1) is 0 Å². The van der Waals surface area contributed by atoms with Gasteiger partial charge in [-0.05, 0) is 84.5 Å². The van der Waals surface area contributed by atoms with E-state index in [1.807, 2.05) is 0 Å². The van der Waals surface area contributed by atoms with Gasteiger partial charge in [0.2, 0.25) is 0 Å². The molecule has 4 aromatic rings. The zero-order valence-electron chi connectivity index (χ0n) is 22.8. The fourth-order valence-corrected chi connectivity index (χ4v) is 7.76. The Morgan fingerprint density at radius 2 is 1.13 bits per heavy atom. The van der Waals surface area contributed by atoms with E-state index in [4.69, 9.17) is 15.0 Å². The Balaban J connectivity index is 1.24. The summed E-state index contributed by atoms with van der Waals surface area (Å²) in [5.74, 6) is 6.88. The average Bonchev–Trinajstić information content (AvgIpc) is 2.93. The van der Waals surface area contributed by atoms with Gasteiger partial charge < -0.3 is 0 Å². The van der Waals surface area contributed by atoms with Gasteiger partial charge >= 0.3 is 0 Å². The van der Waals surface area contributed by atoms with Gasteiger partial charge in [0, 0.05) is 16.5 Å². The van der Waals surface area contributed by atoms with E-state index in [0.29, 0.717) is 0 Å². The molecule has 0 aliphatic heterocycles. The molecule has 192 valence electrons. The highest BCUT2D eigenvalue weighted by atomic mass is 15.0. The van der Waals surface area contributed by atoms with E-state index >= 15 is 0 Å². The lowest BCUT2D eigenvalue weighted by atomic mass is 9.51. The molecule has 4 fully saturated rings. The quantitative estimate of drug-likeness (QED) is 0.282. The average molecular weight is 500 g/mol. The second-order valence-corrected chi connectivity index (χ2v) is 13.1. The first-order chi connectivity index (χ1) is 18.4. The summed E-state index contributed by atoms with van der Waals surface area (Å²) in [4.78, 5) is 14.9. The third-order valence-electron chi connectivity index (χ3n) is 9.31. The molecule has 0 unspecified atom stereocenters. The van der Waals surface area contributed by atoms with Gasteiger partial charge in [-0.3, -0.25) is 0 Å². The van der Waals surface area contributed by atoms with Crippen LogP contribution in [0.5, 0.6) is 0 Å². The Morgan fingerprint density at radius 1 is 0.553 bits per heavy atom. The monoisotopic (exact) mass is 499 g/mol. The van der Waals surface area contributed by atoms with Crippen LogP contribution in [-0.4, -0.2) is 15.0 Å². The number of rotatable bonds is 4. The molecule has 8 rings (SSSR count). The van der Waals surface area contributed by atoms with Crippen molar-refractivity contribution in [1.29, 1.82) is 0 Å². The summed E-state index contributed by atoms with van der Waals surface area (Å²) in [6, 6.07) is 28.3. The summed E-state index contributed by atoms with van der Waals surface area (Å²) < 4.78 is 0. The van der Waals surface area contributed by atoms with Gasteiger partial charge in [0.15, 0.2) is 11.6 Å². The lowest BCUT2D eigenvalue weighted by molar-refractivity contribution is -0.00277. The Labute approximate surface area is 226 Å². The molecule has 4 aliphatic carbocycles. The summed E-state index contributed by atoms with van der Waals surface area (Å²) in [6.07, 6.45) is 7.31. The van der Waals surface area contributed by atoms with Crippen molar-refractivity contribution in [2.75, 3.05) is 0 Å². The number of benzene rings is 3. The molecule has 0 saturated heterocycles. The first kappa shape index (κ1) is 23.8. The fraction of sp³-hybridized carbons (Fsp3) is 0.400. The SMILES string of the molecule is CC(C)(C)c1nc(-c2ccc(C3C4CC5CC(C4)CC3C5)cc2)nc(-c2cccc(-c3ccccc3)c2)n1. The van der Waals surface area contributed by atoms with Crippen LogP contribution in [0.3, 0.4) is 0 Å². The van der Waals surface area contributed by atoms with E-state index in [-0.39, 0.29) is 5.41 Å². The minimum Gasteiger partial charge on any atom is -0.212 e. The third kappa shape index (κ3) is 4.36. The summed E-state index contributed by atoms with van der Waals surface area (Å²) in [7, 11) is 0. The standard InChI is InChI=1S/C35H37N3/c1-35(2,3)34-37-32(36-33(38-34)28-11-7-10-27(21-28)24-8-5-4-6-9-24)26-14-12-25(13-15-26)31-29-17-22-16-23(19-29)20-30(31)18-22/h4-15,21-23,29-31H,16-20H2,1-3H3. The first-order valence-corrected chi connectivity index (χ1v) is 14.4. The molecule has 38 heavy (non-hydrogen) atoms. The smallest absolute Gasteiger partial charge is 0.163 e. The van der Waals surface area contributed by atoms with Crippen molar-refractivity contribution in [2.45, 2.75) is 64.2 Å².